The molecule has 6 heteroatoms. The van der Waals surface area contributed by atoms with Gasteiger partial charge in [0.1, 0.15) is 5.69 Å². The number of hydrogen-bond donors (Lipinski definition) is 1. The van der Waals surface area contributed by atoms with E-state index < -0.39 is 0 Å². The van der Waals surface area contributed by atoms with E-state index in [1.165, 1.54) is 6.20 Å². The number of amides is 1. The van der Waals surface area contributed by atoms with E-state index >= 15 is 0 Å². The molecular formula is C24H25N5O. The van der Waals surface area contributed by atoms with Crippen molar-refractivity contribution in [1.82, 2.24) is 19.8 Å². The van der Waals surface area contributed by atoms with Crippen molar-refractivity contribution in [3.05, 3.63) is 84.8 Å². The normalized spacial score (nSPS) is 14.4. The van der Waals surface area contributed by atoms with Crippen LogP contribution in [-0.2, 0) is 0 Å². The third-order valence-corrected chi connectivity index (χ3v) is 5.30. The number of anilines is 1. The molecule has 0 atom stereocenters. The molecular weight excluding hydrogens is 374 g/mol. The van der Waals surface area contributed by atoms with Crippen molar-refractivity contribution >= 4 is 17.3 Å². The number of piperazine rings is 1. The molecule has 0 unspecified atom stereocenters. The van der Waals surface area contributed by atoms with E-state index in [0.717, 1.165) is 48.7 Å². The zero-order valence-corrected chi connectivity index (χ0v) is 17.1. The molecule has 4 rings (SSSR count). The molecule has 6 nitrogen and oxygen atoms in total. The van der Waals surface area contributed by atoms with Crippen molar-refractivity contribution in [2.45, 2.75) is 0 Å². The standard InChI is InChI=1S/C24H25N5O/c1-18(29-14-12-28(2)13-15-29)19-8-10-20(11-9-19)22-16-25-17-23(27-22)24(30)26-21-6-4-3-5-7-21/h3-11,16-17H,1,12-15H2,2H3,(H,26,30). The maximum Gasteiger partial charge on any atom is 0.275 e. The summed E-state index contributed by atoms with van der Waals surface area (Å²) < 4.78 is 0. The van der Waals surface area contributed by atoms with Crippen LogP contribution in [0.4, 0.5) is 5.69 Å². The summed E-state index contributed by atoms with van der Waals surface area (Å²) in [6, 6.07) is 17.4. The molecule has 1 N–H and O–H groups in total. The van der Waals surface area contributed by atoms with Crippen LogP contribution < -0.4 is 5.32 Å². The Hall–Kier alpha value is -3.51. The van der Waals surface area contributed by atoms with Gasteiger partial charge in [-0.2, -0.15) is 0 Å². The first-order valence-electron chi connectivity index (χ1n) is 10.0. The zero-order chi connectivity index (χ0) is 20.9. The third-order valence-electron chi connectivity index (χ3n) is 5.30. The molecule has 1 aromatic heterocycles. The predicted octanol–water partition coefficient (Wildman–Crippen LogP) is 3.61. The lowest BCUT2D eigenvalue weighted by atomic mass is 10.1. The molecule has 0 saturated carbocycles. The fourth-order valence-electron chi connectivity index (χ4n) is 3.42. The first-order valence-corrected chi connectivity index (χ1v) is 10.0. The van der Waals surface area contributed by atoms with Crippen LogP contribution in [0.25, 0.3) is 17.0 Å². The smallest absolute Gasteiger partial charge is 0.275 e. The van der Waals surface area contributed by atoms with Crippen LogP contribution >= 0.6 is 0 Å². The van der Waals surface area contributed by atoms with Gasteiger partial charge in [-0.25, -0.2) is 4.98 Å². The monoisotopic (exact) mass is 399 g/mol. The van der Waals surface area contributed by atoms with Crippen molar-refractivity contribution in [2.75, 3.05) is 38.5 Å². The van der Waals surface area contributed by atoms with E-state index in [2.05, 4.69) is 38.7 Å². The summed E-state index contributed by atoms with van der Waals surface area (Å²) in [4.78, 5) is 25.9. The van der Waals surface area contributed by atoms with Crippen LogP contribution in [0, 0.1) is 0 Å². The fraction of sp³-hybridized carbons (Fsp3) is 0.208. The third kappa shape index (κ3) is 4.55. The minimum atomic E-state index is -0.282. The number of rotatable bonds is 5. The number of carbonyl (C=O) groups excluding carboxylic acids is 1. The first kappa shape index (κ1) is 19.8. The summed E-state index contributed by atoms with van der Waals surface area (Å²) in [7, 11) is 2.14. The molecule has 152 valence electrons. The van der Waals surface area contributed by atoms with Gasteiger partial charge in [-0.1, -0.05) is 49.0 Å². The second kappa shape index (κ2) is 8.88. The van der Waals surface area contributed by atoms with E-state index in [0.29, 0.717) is 5.69 Å². The van der Waals surface area contributed by atoms with Gasteiger partial charge in [0.2, 0.25) is 0 Å². The van der Waals surface area contributed by atoms with E-state index in [1.54, 1.807) is 6.20 Å². The molecule has 0 spiro atoms. The van der Waals surface area contributed by atoms with Gasteiger partial charge in [-0.3, -0.25) is 9.78 Å². The molecule has 2 aromatic carbocycles. The largest absolute Gasteiger partial charge is 0.369 e. The van der Waals surface area contributed by atoms with Crippen molar-refractivity contribution in [3.8, 4) is 11.3 Å². The lowest BCUT2D eigenvalue weighted by molar-refractivity contribution is 0.102. The van der Waals surface area contributed by atoms with Crippen LogP contribution in [-0.4, -0.2) is 58.9 Å². The Morgan fingerprint density at radius 2 is 1.67 bits per heavy atom. The predicted molar refractivity (Wildman–Crippen MR) is 120 cm³/mol. The highest BCUT2D eigenvalue weighted by atomic mass is 16.1. The number of nitrogens with one attached hydrogen (secondary N) is 1. The summed E-state index contributed by atoms with van der Waals surface area (Å²) in [5, 5.41) is 2.84. The lowest BCUT2D eigenvalue weighted by Gasteiger charge is -2.35. The van der Waals surface area contributed by atoms with Gasteiger partial charge in [0.25, 0.3) is 5.91 Å². The number of para-hydroxylation sites is 1. The number of aromatic nitrogens is 2. The van der Waals surface area contributed by atoms with E-state index in [1.807, 2.05) is 54.6 Å². The minimum Gasteiger partial charge on any atom is -0.369 e. The highest BCUT2D eigenvalue weighted by molar-refractivity contribution is 6.02. The van der Waals surface area contributed by atoms with Gasteiger partial charge in [-0.05, 0) is 24.7 Å². The molecule has 1 aliphatic heterocycles. The van der Waals surface area contributed by atoms with E-state index in [9.17, 15) is 4.79 Å². The minimum absolute atomic E-state index is 0.280. The van der Waals surface area contributed by atoms with Crippen LogP contribution in [0.1, 0.15) is 16.1 Å². The summed E-state index contributed by atoms with van der Waals surface area (Å²) >= 11 is 0. The SMILES string of the molecule is C=C(c1ccc(-c2cncc(C(=O)Nc3ccccc3)n2)cc1)N1CCN(C)CC1. The number of benzene rings is 2. The Bertz CT molecular complexity index is 1020. The van der Waals surface area contributed by atoms with Gasteiger partial charge >= 0.3 is 0 Å². The fourth-order valence-corrected chi connectivity index (χ4v) is 3.42. The number of nitrogens with zero attached hydrogens (tertiary/aromatic N) is 4. The molecule has 1 aliphatic rings. The maximum atomic E-state index is 12.5. The van der Waals surface area contributed by atoms with Gasteiger partial charge in [-0.15, -0.1) is 0 Å². The molecule has 3 aromatic rings. The first-order chi connectivity index (χ1) is 14.6. The Kier molecular flexibility index (Phi) is 5.86. The van der Waals surface area contributed by atoms with Crippen LogP contribution in [0.5, 0.6) is 0 Å². The maximum absolute atomic E-state index is 12.5. The molecule has 0 bridgehead atoms. The van der Waals surface area contributed by atoms with Gasteiger partial charge in [0.15, 0.2) is 0 Å². The molecule has 1 amide bonds. The Morgan fingerprint density at radius 3 is 2.37 bits per heavy atom. The molecule has 1 saturated heterocycles. The molecule has 30 heavy (non-hydrogen) atoms. The number of likely N-dealkylation sites (N-methyl/N-ethyl adjacent to an activating group) is 1. The van der Waals surface area contributed by atoms with Crippen molar-refractivity contribution in [1.29, 1.82) is 0 Å². The summed E-state index contributed by atoms with van der Waals surface area (Å²) in [5.74, 6) is -0.282. The van der Waals surface area contributed by atoms with Crippen LogP contribution in [0.15, 0.2) is 73.6 Å². The van der Waals surface area contributed by atoms with E-state index in [4.69, 9.17) is 0 Å². The molecule has 0 radical (unpaired) electrons. The van der Waals surface area contributed by atoms with Crippen molar-refractivity contribution < 1.29 is 4.79 Å². The zero-order valence-electron chi connectivity index (χ0n) is 17.1. The van der Waals surface area contributed by atoms with Crippen molar-refractivity contribution in [3.63, 3.8) is 0 Å². The topological polar surface area (TPSA) is 61.4 Å². The lowest BCUT2D eigenvalue weighted by Crippen LogP contribution is -2.43. The average molecular weight is 399 g/mol. The number of carbonyl (C=O) groups is 1. The Balaban J connectivity index is 1.47. The highest BCUT2D eigenvalue weighted by Gasteiger charge is 2.16. The van der Waals surface area contributed by atoms with Gasteiger partial charge in [0, 0.05) is 43.1 Å². The van der Waals surface area contributed by atoms with Crippen molar-refractivity contribution in [2.24, 2.45) is 0 Å². The highest BCUT2D eigenvalue weighted by Crippen LogP contribution is 2.23. The van der Waals surface area contributed by atoms with Crippen LogP contribution in [0.3, 0.4) is 0 Å². The molecule has 0 aliphatic carbocycles. The quantitative estimate of drug-likeness (QED) is 0.710. The van der Waals surface area contributed by atoms with Gasteiger partial charge in [0.05, 0.1) is 18.1 Å². The Morgan fingerprint density at radius 1 is 0.967 bits per heavy atom. The molecule has 1 fully saturated rings. The Labute approximate surface area is 176 Å². The van der Waals surface area contributed by atoms with Gasteiger partial charge < -0.3 is 15.1 Å². The second-order valence-electron chi connectivity index (χ2n) is 7.42. The van der Waals surface area contributed by atoms with Crippen LogP contribution in [0.2, 0.25) is 0 Å². The summed E-state index contributed by atoms with van der Waals surface area (Å²) in [6.07, 6.45) is 3.15. The summed E-state index contributed by atoms with van der Waals surface area (Å²) in [6.45, 7) is 8.35. The average Bonchev–Trinajstić information content (AvgIpc) is 2.80. The summed E-state index contributed by atoms with van der Waals surface area (Å²) in [5.41, 5.74) is 4.70. The molecule has 2 heterocycles. The van der Waals surface area contributed by atoms with E-state index in [-0.39, 0.29) is 11.6 Å². The number of hydrogen-bond acceptors (Lipinski definition) is 5. The second-order valence-corrected chi connectivity index (χ2v) is 7.42.